The molecule has 0 saturated carbocycles. The molecule has 1 aromatic rings. The van der Waals surface area contributed by atoms with Crippen LogP contribution in [0.4, 0.5) is 0 Å². The first-order valence-corrected chi connectivity index (χ1v) is 6.16. The van der Waals surface area contributed by atoms with Crippen molar-refractivity contribution in [1.29, 1.82) is 0 Å². The highest BCUT2D eigenvalue weighted by molar-refractivity contribution is 5.82. The molecule has 17 heavy (non-hydrogen) atoms. The fraction of sp³-hybridized carbons (Fsp3) is 0.500. The maximum absolute atomic E-state index is 5.21. The number of para-hydroxylation sites is 1. The van der Waals surface area contributed by atoms with Crippen molar-refractivity contribution in [2.45, 2.75) is 32.6 Å². The summed E-state index contributed by atoms with van der Waals surface area (Å²) >= 11 is 0. The molecule has 0 spiro atoms. The van der Waals surface area contributed by atoms with Gasteiger partial charge in [-0.3, -0.25) is 0 Å². The van der Waals surface area contributed by atoms with Crippen LogP contribution in [-0.2, 0) is 4.84 Å². The Hall–Kier alpha value is -1.51. The Kier molecular flexibility index (Phi) is 6.87. The number of ether oxygens (including phenoxy) is 1. The standard InChI is InChI=1S/C14H21NO2/c1-3-4-5-8-11-17-15-12-13-9-6-7-10-14(13)16-2/h6-7,9-10,12H,3-5,8,11H2,1-2H3. The van der Waals surface area contributed by atoms with Crippen LogP contribution in [-0.4, -0.2) is 19.9 Å². The van der Waals surface area contributed by atoms with Crippen LogP contribution in [0.15, 0.2) is 29.4 Å². The molecule has 0 aromatic heterocycles. The molecule has 0 saturated heterocycles. The zero-order chi connectivity index (χ0) is 12.3. The average molecular weight is 235 g/mol. The lowest BCUT2D eigenvalue weighted by Crippen LogP contribution is -1.92. The monoisotopic (exact) mass is 235 g/mol. The molecule has 94 valence electrons. The third-order valence-corrected chi connectivity index (χ3v) is 2.49. The van der Waals surface area contributed by atoms with Crippen LogP contribution in [0.1, 0.15) is 38.2 Å². The van der Waals surface area contributed by atoms with E-state index >= 15 is 0 Å². The molecule has 0 aliphatic rings. The van der Waals surface area contributed by atoms with Crippen LogP contribution in [0.25, 0.3) is 0 Å². The molecule has 1 aromatic carbocycles. The van der Waals surface area contributed by atoms with Crippen LogP contribution in [0.5, 0.6) is 5.75 Å². The van der Waals surface area contributed by atoms with Gasteiger partial charge in [-0.1, -0.05) is 37.1 Å². The van der Waals surface area contributed by atoms with Gasteiger partial charge in [-0.2, -0.15) is 0 Å². The summed E-state index contributed by atoms with van der Waals surface area (Å²) in [6, 6.07) is 7.73. The van der Waals surface area contributed by atoms with Crippen molar-refractivity contribution < 1.29 is 9.57 Å². The molecule has 3 heteroatoms. The Labute approximate surface area is 103 Å². The first-order valence-electron chi connectivity index (χ1n) is 6.16. The van der Waals surface area contributed by atoms with E-state index < -0.39 is 0 Å². The summed E-state index contributed by atoms with van der Waals surface area (Å²) in [7, 11) is 1.65. The third-order valence-electron chi connectivity index (χ3n) is 2.49. The molecule has 0 radical (unpaired) electrons. The maximum Gasteiger partial charge on any atom is 0.127 e. The lowest BCUT2D eigenvalue weighted by Gasteiger charge is -2.03. The molecule has 0 unspecified atom stereocenters. The molecule has 0 N–H and O–H groups in total. The Balaban J connectivity index is 2.28. The second-order valence-corrected chi connectivity index (χ2v) is 3.87. The number of benzene rings is 1. The zero-order valence-corrected chi connectivity index (χ0v) is 10.7. The number of hydrogen-bond acceptors (Lipinski definition) is 3. The van der Waals surface area contributed by atoms with Gasteiger partial charge in [0.2, 0.25) is 0 Å². The highest BCUT2D eigenvalue weighted by Gasteiger charge is 1.97. The molecule has 1 rings (SSSR count). The van der Waals surface area contributed by atoms with Gasteiger partial charge in [0, 0.05) is 5.56 Å². The molecule has 0 heterocycles. The van der Waals surface area contributed by atoms with Gasteiger partial charge in [-0.05, 0) is 25.0 Å². The Morgan fingerprint density at radius 2 is 2.00 bits per heavy atom. The predicted octanol–water partition coefficient (Wildman–Crippen LogP) is 3.63. The Morgan fingerprint density at radius 1 is 1.18 bits per heavy atom. The van der Waals surface area contributed by atoms with Crippen molar-refractivity contribution >= 4 is 6.21 Å². The Morgan fingerprint density at radius 3 is 2.76 bits per heavy atom. The second kappa shape index (κ2) is 8.62. The number of hydrogen-bond donors (Lipinski definition) is 0. The lowest BCUT2D eigenvalue weighted by molar-refractivity contribution is 0.141. The van der Waals surface area contributed by atoms with Crippen molar-refractivity contribution in [1.82, 2.24) is 0 Å². The number of unbranched alkanes of at least 4 members (excludes halogenated alkanes) is 3. The first-order chi connectivity index (χ1) is 8.38. The average Bonchev–Trinajstić information content (AvgIpc) is 2.38. The fourth-order valence-electron chi connectivity index (χ4n) is 1.51. The van der Waals surface area contributed by atoms with Crippen LogP contribution < -0.4 is 4.74 Å². The summed E-state index contributed by atoms with van der Waals surface area (Å²) in [5, 5.41) is 3.94. The molecule has 3 nitrogen and oxygen atoms in total. The molecule has 0 amide bonds. The van der Waals surface area contributed by atoms with Crippen molar-refractivity contribution in [2.75, 3.05) is 13.7 Å². The van der Waals surface area contributed by atoms with Crippen LogP contribution in [0.3, 0.4) is 0 Å². The SMILES string of the molecule is CCCCCCON=Cc1ccccc1OC. The van der Waals surface area contributed by atoms with Crippen molar-refractivity contribution in [3.63, 3.8) is 0 Å². The summed E-state index contributed by atoms with van der Waals surface area (Å²) in [5.41, 5.74) is 0.934. The fourth-order valence-corrected chi connectivity index (χ4v) is 1.51. The van der Waals surface area contributed by atoms with E-state index in [1.165, 1.54) is 19.3 Å². The highest BCUT2D eigenvalue weighted by Crippen LogP contribution is 2.14. The van der Waals surface area contributed by atoms with Gasteiger partial charge in [-0.15, -0.1) is 0 Å². The minimum absolute atomic E-state index is 0.686. The first kappa shape index (κ1) is 13.6. The van der Waals surface area contributed by atoms with Gasteiger partial charge in [0.25, 0.3) is 0 Å². The number of oxime groups is 1. The van der Waals surface area contributed by atoms with Gasteiger partial charge in [0.15, 0.2) is 0 Å². The second-order valence-electron chi connectivity index (χ2n) is 3.87. The topological polar surface area (TPSA) is 30.8 Å². The maximum atomic E-state index is 5.21. The van der Waals surface area contributed by atoms with E-state index in [0.29, 0.717) is 6.61 Å². The van der Waals surface area contributed by atoms with E-state index in [9.17, 15) is 0 Å². The normalized spacial score (nSPS) is 10.7. The van der Waals surface area contributed by atoms with E-state index in [1.807, 2.05) is 24.3 Å². The van der Waals surface area contributed by atoms with Crippen LogP contribution in [0, 0.1) is 0 Å². The van der Waals surface area contributed by atoms with E-state index in [2.05, 4.69) is 12.1 Å². The molecule has 0 atom stereocenters. The molecular formula is C14H21NO2. The van der Waals surface area contributed by atoms with Gasteiger partial charge < -0.3 is 9.57 Å². The highest BCUT2D eigenvalue weighted by atomic mass is 16.6. The van der Waals surface area contributed by atoms with Crippen molar-refractivity contribution in [3.8, 4) is 5.75 Å². The summed E-state index contributed by atoms with van der Waals surface area (Å²) in [6.07, 6.45) is 6.47. The van der Waals surface area contributed by atoms with Gasteiger partial charge >= 0.3 is 0 Å². The summed E-state index contributed by atoms with van der Waals surface area (Å²) < 4.78 is 5.21. The predicted molar refractivity (Wildman–Crippen MR) is 70.7 cm³/mol. The zero-order valence-electron chi connectivity index (χ0n) is 10.7. The molecule has 0 fully saturated rings. The number of nitrogens with zero attached hydrogens (tertiary/aromatic N) is 1. The largest absolute Gasteiger partial charge is 0.496 e. The van der Waals surface area contributed by atoms with E-state index in [-0.39, 0.29) is 0 Å². The lowest BCUT2D eigenvalue weighted by atomic mass is 10.2. The molecule has 0 aliphatic heterocycles. The van der Waals surface area contributed by atoms with Gasteiger partial charge in [-0.25, -0.2) is 0 Å². The van der Waals surface area contributed by atoms with Gasteiger partial charge in [0.1, 0.15) is 12.4 Å². The van der Waals surface area contributed by atoms with Crippen molar-refractivity contribution in [3.05, 3.63) is 29.8 Å². The minimum Gasteiger partial charge on any atom is -0.496 e. The smallest absolute Gasteiger partial charge is 0.127 e. The summed E-state index contributed by atoms with van der Waals surface area (Å²) in [5.74, 6) is 0.811. The Bertz CT molecular complexity index is 337. The van der Waals surface area contributed by atoms with E-state index in [0.717, 1.165) is 17.7 Å². The molecule has 0 bridgehead atoms. The molecule has 0 aliphatic carbocycles. The molecular weight excluding hydrogens is 214 g/mol. The number of methoxy groups -OCH3 is 1. The summed E-state index contributed by atoms with van der Waals surface area (Å²) in [6.45, 7) is 2.88. The van der Waals surface area contributed by atoms with Crippen LogP contribution in [0.2, 0.25) is 0 Å². The van der Waals surface area contributed by atoms with Gasteiger partial charge in [0.05, 0.1) is 13.3 Å². The van der Waals surface area contributed by atoms with Crippen molar-refractivity contribution in [2.24, 2.45) is 5.16 Å². The quantitative estimate of drug-likeness (QED) is 0.391. The van der Waals surface area contributed by atoms with E-state index in [1.54, 1.807) is 13.3 Å². The summed E-state index contributed by atoms with van der Waals surface area (Å²) in [4.78, 5) is 5.20. The number of rotatable bonds is 8. The van der Waals surface area contributed by atoms with Crippen LogP contribution >= 0.6 is 0 Å². The minimum atomic E-state index is 0.686. The third kappa shape index (κ3) is 5.38. The van der Waals surface area contributed by atoms with E-state index in [4.69, 9.17) is 9.57 Å².